The molecule has 0 N–H and O–H groups in total. The maximum atomic E-state index is 12.9. The highest BCUT2D eigenvalue weighted by molar-refractivity contribution is 7.89. The number of halogens is 2. The molecule has 9 nitrogen and oxygen atoms in total. The van der Waals surface area contributed by atoms with Crippen LogP contribution in [0.15, 0.2) is 52.4 Å². The highest BCUT2D eigenvalue weighted by atomic mass is 35.5. The normalized spacial score (nSPS) is 13.9. The minimum atomic E-state index is -3.89. The van der Waals surface area contributed by atoms with Gasteiger partial charge in [0.2, 0.25) is 15.9 Å². The molecule has 3 rings (SSSR count). The number of hydrogen-bond acceptors (Lipinski definition) is 6. The van der Waals surface area contributed by atoms with Crippen molar-refractivity contribution in [2.45, 2.75) is 44.1 Å². The number of amidine groups is 1. The molecule has 2 aromatic rings. The summed E-state index contributed by atoms with van der Waals surface area (Å²) >= 11 is 12.0. The maximum absolute atomic E-state index is 12.9. The van der Waals surface area contributed by atoms with Crippen LogP contribution in [0.1, 0.15) is 38.3 Å². The largest absolute Gasteiger partial charge is 0.443 e. The van der Waals surface area contributed by atoms with Crippen LogP contribution in [0.25, 0.3) is 0 Å². The summed E-state index contributed by atoms with van der Waals surface area (Å²) in [6, 6.07) is 12.1. The summed E-state index contributed by atoms with van der Waals surface area (Å²) in [5.74, 6) is 0.403. The summed E-state index contributed by atoms with van der Waals surface area (Å²) in [6.07, 6.45) is 0.206. The number of carbonyl (C=O) groups is 2. The van der Waals surface area contributed by atoms with Gasteiger partial charge in [0.05, 0.1) is 23.1 Å². The number of carbonyl (C=O) groups excluding carboxylic acids is 2. The molecule has 0 unspecified atom stereocenters. The highest BCUT2D eigenvalue weighted by Crippen LogP contribution is 2.30. The van der Waals surface area contributed by atoms with Gasteiger partial charge in [-0.3, -0.25) is 14.7 Å². The Kier molecular flexibility index (Phi) is 10.0. The summed E-state index contributed by atoms with van der Waals surface area (Å²) in [4.78, 5) is 32.7. The number of benzene rings is 2. The van der Waals surface area contributed by atoms with E-state index in [-0.39, 0.29) is 33.8 Å². The molecule has 0 saturated heterocycles. The van der Waals surface area contributed by atoms with E-state index in [1.165, 1.54) is 25.2 Å². The number of rotatable bonds is 9. The van der Waals surface area contributed by atoms with Gasteiger partial charge in [0, 0.05) is 39.2 Å². The number of likely N-dealkylation sites (N-methyl/N-ethyl adjacent to an activating group) is 1. The predicted octanol–water partition coefficient (Wildman–Crippen LogP) is 4.70. The van der Waals surface area contributed by atoms with Gasteiger partial charge in [0.15, 0.2) is 0 Å². The lowest BCUT2D eigenvalue weighted by Crippen LogP contribution is -2.39. The minimum absolute atomic E-state index is 0.000689. The van der Waals surface area contributed by atoms with Crippen molar-refractivity contribution in [1.29, 1.82) is 0 Å². The Morgan fingerprint density at radius 1 is 1.05 bits per heavy atom. The molecule has 39 heavy (non-hydrogen) atoms. The number of hydrogen-bond donors (Lipinski definition) is 0. The topological polar surface area (TPSA) is 99.6 Å². The molecule has 2 aromatic carbocycles. The van der Waals surface area contributed by atoms with Gasteiger partial charge in [-0.1, -0.05) is 53.5 Å². The monoisotopic (exact) mass is 596 g/mol. The zero-order valence-corrected chi connectivity index (χ0v) is 25.1. The summed E-state index contributed by atoms with van der Waals surface area (Å²) in [6.45, 7) is 6.93. The first-order chi connectivity index (χ1) is 18.2. The molecular formula is C27H34Cl2N4O5S. The van der Waals surface area contributed by atoms with Crippen molar-refractivity contribution in [3.63, 3.8) is 0 Å². The molecule has 0 saturated carbocycles. The minimum Gasteiger partial charge on any atom is -0.443 e. The molecule has 1 heterocycles. The lowest BCUT2D eigenvalue weighted by atomic mass is 10.1. The van der Waals surface area contributed by atoms with E-state index in [1.807, 2.05) is 45.0 Å². The first kappa shape index (κ1) is 30.9. The third kappa shape index (κ3) is 7.94. The Bertz CT molecular complexity index is 1340. The van der Waals surface area contributed by atoms with Crippen molar-refractivity contribution in [2.24, 2.45) is 4.99 Å². The lowest BCUT2D eigenvalue weighted by molar-refractivity contribution is -0.129. The molecule has 0 aromatic heterocycles. The number of sulfonamides is 1. The fraction of sp³-hybridized carbons (Fsp3) is 0.444. The van der Waals surface area contributed by atoms with E-state index in [4.69, 9.17) is 27.9 Å². The van der Waals surface area contributed by atoms with Crippen molar-refractivity contribution < 1.29 is 22.7 Å². The van der Waals surface area contributed by atoms with E-state index >= 15 is 0 Å². The standard InChI is InChI=1S/C27H34Cl2N4O5S/c1-27(2,3)38-26(35)33-18-15-30-25(33)20-11-9-19(10-12-20)13-16-31(4)23(34)14-17-32(5)39(36,37)22-8-6-7-21(28)24(22)29/h6-12H,13-18H2,1-5H3. The average molecular weight is 598 g/mol. The van der Waals surface area contributed by atoms with Gasteiger partial charge in [-0.25, -0.2) is 17.5 Å². The Labute approximate surface area is 240 Å². The van der Waals surface area contributed by atoms with Crippen molar-refractivity contribution >= 4 is 51.1 Å². The summed E-state index contributed by atoms with van der Waals surface area (Å²) < 4.78 is 32.3. The molecule has 1 aliphatic rings. The molecule has 12 heteroatoms. The van der Waals surface area contributed by atoms with Crippen LogP contribution in [0.5, 0.6) is 0 Å². The molecule has 0 spiro atoms. The number of ether oxygens (including phenoxy) is 1. The molecule has 0 atom stereocenters. The lowest BCUT2D eigenvalue weighted by Gasteiger charge is -2.25. The molecule has 212 valence electrons. The predicted molar refractivity (Wildman–Crippen MR) is 153 cm³/mol. The molecule has 1 aliphatic heterocycles. The molecular weight excluding hydrogens is 563 g/mol. The van der Waals surface area contributed by atoms with E-state index in [2.05, 4.69) is 4.99 Å². The zero-order chi connectivity index (χ0) is 29.0. The van der Waals surface area contributed by atoms with Crippen molar-refractivity contribution in [3.8, 4) is 0 Å². The second kappa shape index (κ2) is 12.7. The number of aliphatic imine (C=N–C) groups is 1. The second-order valence-electron chi connectivity index (χ2n) is 10.2. The van der Waals surface area contributed by atoms with Crippen molar-refractivity contribution in [3.05, 3.63) is 63.6 Å². The number of amides is 2. The first-order valence-electron chi connectivity index (χ1n) is 12.5. The molecule has 0 aliphatic carbocycles. The Hall–Kier alpha value is -2.66. The van der Waals surface area contributed by atoms with E-state index in [0.29, 0.717) is 31.9 Å². The van der Waals surface area contributed by atoms with Crippen LogP contribution < -0.4 is 0 Å². The van der Waals surface area contributed by atoms with E-state index < -0.39 is 21.7 Å². The Morgan fingerprint density at radius 3 is 2.36 bits per heavy atom. The van der Waals surface area contributed by atoms with E-state index in [0.717, 1.165) is 15.4 Å². The molecule has 2 amide bonds. The second-order valence-corrected chi connectivity index (χ2v) is 13.0. The smallest absolute Gasteiger partial charge is 0.416 e. The van der Waals surface area contributed by atoms with Crippen molar-refractivity contribution in [1.82, 2.24) is 14.1 Å². The first-order valence-corrected chi connectivity index (χ1v) is 14.7. The van der Waals surface area contributed by atoms with Gasteiger partial charge in [0.1, 0.15) is 16.3 Å². The maximum Gasteiger partial charge on any atom is 0.416 e. The molecule has 0 bridgehead atoms. The van der Waals surface area contributed by atoms with Gasteiger partial charge >= 0.3 is 6.09 Å². The quantitative estimate of drug-likeness (QED) is 0.417. The van der Waals surface area contributed by atoms with E-state index in [9.17, 15) is 18.0 Å². The van der Waals surface area contributed by atoms with Crippen LogP contribution in [0.3, 0.4) is 0 Å². The molecule has 0 fully saturated rings. The Morgan fingerprint density at radius 2 is 1.72 bits per heavy atom. The summed E-state index contributed by atoms with van der Waals surface area (Å²) in [5.41, 5.74) is 1.23. The summed E-state index contributed by atoms with van der Waals surface area (Å²) in [7, 11) is -0.806. The summed E-state index contributed by atoms with van der Waals surface area (Å²) in [5, 5.41) is 0.101. The van der Waals surface area contributed by atoms with Gasteiger partial charge in [0.25, 0.3) is 0 Å². The van der Waals surface area contributed by atoms with Crippen molar-refractivity contribution in [2.75, 3.05) is 40.3 Å². The van der Waals surface area contributed by atoms with Crippen LogP contribution in [0.4, 0.5) is 4.79 Å². The fourth-order valence-electron chi connectivity index (χ4n) is 3.85. The third-order valence-corrected chi connectivity index (χ3v) is 8.90. The number of nitrogens with zero attached hydrogens (tertiary/aromatic N) is 4. The van der Waals surface area contributed by atoms with Gasteiger partial charge in [-0.2, -0.15) is 0 Å². The average Bonchev–Trinajstić information content (AvgIpc) is 3.36. The van der Waals surface area contributed by atoms with Crippen LogP contribution in [-0.2, 0) is 26.0 Å². The highest BCUT2D eigenvalue weighted by Gasteiger charge is 2.29. The van der Waals surface area contributed by atoms with Crippen LogP contribution in [-0.4, -0.2) is 86.2 Å². The van der Waals surface area contributed by atoms with Crippen LogP contribution >= 0.6 is 23.2 Å². The zero-order valence-electron chi connectivity index (χ0n) is 22.8. The SMILES string of the molecule is CN(CCc1ccc(C2=NCCN2C(=O)OC(C)(C)C)cc1)C(=O)CCN(C)S(=O)(=O)c1cccc(Cl)c1Cl. The van der Waals surface area contributed by atoms with Gasteiger partial charge in [-0.05, 0) is 44.9 Å². The van der Waals surface area contributed by atoms with Crippen LogP contribution in [0.2, 0.25) is 10.0 Å². The fourth-order valence-corrected chi connectivity index (χ4v) is 5.75. The van der Waals surface area contributed by atoms with Gasteiger partial charge < -0.3 is 9.64 Å². The van der Waals surface area contributed by atoms with Gasteiger partial charge in [-0.15, -0.1) is 0 Å². The van der Waals surface area contributed by atoms with E-state index in [1.54, 1.807) is 16.8 Å². The molecule has 0 radical (unpaired) electrons. The third-order valence-electron chi connectivity index (χ3n) is 6.07. The van der Waals surface area contributed by atoms with Crippen LogP contribution in [0, 0.1) is 0 Å². The Balaban J connectivity index is 1.52.